The minimum atomic E-state index is -1.19. The second-order valence-corrected chi connectivity index (χ2v) is 7.79. The quantitative estimate of drug-likeness (QED) is 0.622. The van der Waals surface area contributed by atoms with Crippen LogP contribution >= 0.6 is 11.6 Å². The zero-order chi connectivity index (χ0) is 22.7. The van der Waals surface area contributed by atoms with Crippen molar-refractivity contribution >= 4 is 23.6 Å². The molecule has 4 rings (SSSR count). The molecular weight excluding hydrogens is 439 g/mol. The highest BCUT2D eigenvalue weighted by atomic mass is 35.5. The fraction of sp³-hybridized carbons (Fsp3) is 0.227. The average molecular weight is 459 g/mol. The summed E-state index contributed by atoms with van der Waals surface area (Å²) in [4.78, 5) is 27.2. The van der Waals surface area contributed by atoms with Crippen LogP contribution in [-0.4, -0.2) is 62.9 Å². The Morgan fingerprint density at radius 2 is 1.84 bits per heavy atom. The van der Waals surface area contributed by atoms with Crippen molar-refractivity contribution in [3.8, 4) is 11.5 Å². The first kappa shape index (κ1) is 21.8. The van der Waals surface area contributed by atoms with Gasteiger partial charge < -0.3 is 14.7 Å². The van der Waals surface area contributed by atoms with E-state index in [9.17, 15) is 14.0 Å². The van der Waals surface area contributed by atoms with Crippen LogP contribution in [0.3, 0.4) is 0 Å². The van der Waals surface area contributed by atoms with Gasteiger partial charge in [-0.05, 0) is 42.0 Å². The third-order valence-corrected chi connectivity index (χ3v) is 5.25. The second kappa shape index (κ2) is 9.37. The number of rotatable bonds is 5. The number of ether oxygens (including phenoxy) is 1. The first-order chi connectivity index (χ1) is 15.4. The Kier molecular flexibility index (Phi) is 6.38. The van der Waals surface area contributed by atoms with Crippen molar-refractivity contribution in [1.82, 2.24) is 19.6 Å². The molecule has 0 atom stereocenters. The monoisotopic (exact) mass is 458 g/mol. The van der Waals surface area contributed by atoms with Gasteiger partial charge in [-0.2, -0.15) is 9.78 Å². The number of benzene rings is 2. The van der Waals surface area contributed by atoms with Crippen LogP contribution in [0.1, 0.15) is 16.1 Å². The number of carbonyl (C=O) groups excluding carboxylic acids is 1. The Hall–Kier alpha value is -3.43. The molecule has 0 unspecified atom stereocenters. The molecule has 0 aliphatic carbocycles. The highest BCUT2D eigenvalue weighted by molar-refractivity contribution is 6.30. The molecule has 1 aliphatic heterocycles. The SMILES string of the molecule is O=C(O)c1ccn(C(=O)N2CCN(Cc3cc(F)cc(Oc4cccc(Cl)c4)c3)CC2)n1. The van der Waals surface area contributed by atoms with E-state index in [2.05, 4.69) is 10.00 Å². The van der Waals surface area contributed by atoms with Crippen molar-refractivity contribution in [3.63, 3.8) is 0 Å². The number of amides is 1. The lowest BCUT2D eigenvalue weighted by atomic mass is 10.1. The van der Waals surface area contributed by atoms with Crippen LogP contribution in [0, 0.1) is 5.82 Å². The molecule has 2 aromatic carbocycles. The number of hydrogen-bond acceptors (Lipinski definition) is 5. The molecule has 10 heteroatoms. The molecule has 1 aliphatic rings. The molecule has 1 amide bonds. The summed E-state index contributed by atoms with van der Waals surface area (Å²) in [5.74, 6) is -0.689. The van der Waals surface area contributed by atoms with E-state index in [1.807, 2.05) is 0 Å². The predicted molar refractivity (Wildman–Crippen MR) is 115 cm³/mol. The number of hydrogen-bond donors (Lipinski definition) is 1. The minimum absolute atomic E-state index is 0.182. The van der Waals surface area contributed by atoms with Crippen molar-refractivity contribution in [1.29, 1.82) is 0 Å². The van der Waals surface area contributed by atoms with Crippen molar-refractivity contribution < 1.29 is 23.8 Å². The first-order valence-electron chi connectivity index (χ1n) is 9.91. The van der Waals surface area contributed by atoms with E-state index in [1.54, 1.807) is 35.2 Å². The summed E-state index contributed by atoms with van der Waals surface area (Å²) in [5.41, 5.74) is 0.568. The van der Waals surface area contributed by atoms with E-state index in [1.165, 1.54) is 24.4 Å². The maximum absolute atomic E-state index is 14.1. The number of carbonyl (C=O) groups is 2. The van der Waals surface area contributed by atoms with Crippen LogP contribution in [0.25, 0.3) is 0 Å². The van der Waals surface area contributed by atoms with Gasteiger partial charge in [0.2, 0.25) is 0 Å². The van der Waals surface area contributed by atoms with Crippen molar-refractivity contribution in [2.45, 2.75) is 6.54 Å². The van der Waals surface area contributed by atoms with Crippen molar-refractivity contribution in [3.05, 3.63) is 76.8 Å². The van der Waals surface area contributed by atoms with Gasteiger partial charge in [-0.1, -0.05) is 17.7 Å². The fourth-order valence-electron chi connectivity index (χ4n) is 3.48. The topological polar surface area (TPSA) is 87.9 Å². The predicted octanol–water partition coefficient (Wildman–Crippen LogP) is 3.95. The Morgan fingerprint density at radius 3 is 2.53 bits per heavy atom. The van der Waals surface area contributed by atoms with E-state index >= 15 is 0 Å². The molecule has 0 spiro atoms. The van der Waals surface area contributed by atoms with Gasteiger partial charge >= 0.3 is 12.0 Å². The molecule has 2 heterocycles. The summed E-state index contributed by atoms with van der Waals surface area (Å²) >= 11 is 5.97. The number of nitrogens with zero attached hydrogens (tertiary/aromatic N) is 4. The zero-order valence-corrected chi connectivity index (χ0v) is 17.7. The summed E-state index contributed by atoms with van der Waals surface area (Å²) in [7, 11) is 0. The highest BCUT2D eigenvalue weighted by Gasteiger charge is 2.23. The van der Waals surface area contributed by atoms with Crippen LogP contribution in [0.2, 0.25) is 5.02 Å². The average Bonchev–Trinajstić information content (AvgIpc) is 3.24. The number of piperazine rings is 1. The lowest BCUT2D eigenvalue weighted by Gasteiger charge is -2.34. The van der Waals surface area contributed by atoms with Crippen LogP contribution < -0.4 is 4.74 Å². The molecule has 1 saturated heterocycles. The van der Waals surface area contributed by atoms with Crippen LogP contribution in [0.5, 0.6) is 11.5 Å². The van der Waals surface area contributed by atoms with Gasteiger partial charge in [-0.15, -0.1) is 0 Å². The smallest absolute Gasteiger partial charge is 0.356 e. The number of carboxylic acids is 1. The largest absolute Gasteiger partial charge is 0.476 e. The molecule has 8 nitrogen and oxygen atoms in total. The third kappa shape index (κ3) is 5.24. The molecule has 0 radical (unpaired) electrons. The maximum Gasteiger partial charge on any atom is 0.356 e. The number of aromatic carboxylic acids is 1. The Balaban J connectivity index is 1.36. The Labute approximate surface area is 188 Å². The molecule has 0 bridgehead atoms. The Morgan fingerprint density at radius 1 is 1.06 bits per heavy atom. The second-order valence-electron chi connectivity index (χ2n) is 7.35. The molecule has 1 N–H and O–H groups in total. The van der Waals surface area contributed by atoms with E-state index in [0.717, 1.165) is 10.2 Å². The van der Waals surface area contributed by atoms with Crippen LogP contribution in [0.15, 0.2) is 54.7 Å². The normalized spacial score (nSPS) is 14.4. The molecule has 3 aromatic rings. The van der Waals surface area contributed by atoms with Gasteiger partial charge in [-0.3, -0.25) is 4.90 Å². The summed E-state index contributed by atoms with van der Waals surface area (Å²) < 4.78 is 20.9. The highest BCUT2D eigenvalue weighted by Crippen LogP contribution is 2.26. The molecule has 1 aromatic heterocycles. The summed E-state index contributed by atoms with van der Waals surface area (Å²) in [6.45, 7) is 2.56. The van der Waals surface area contributed by atoms with Crippen molar-refractivity contribution in [2.24, 2.45) is 0 Å². The van der Waals surface area contributed by atoms with E-state index < -0.39 is 11.8 Å². The minimum Gasteiger partial charge on any atom is -0.476 e. The Bertz CT molecular complexity index is 1140. The van der Waals surface area contributed by atoms with Crippen LogP contribution in [-0.2, 0) is 6.54 Å². The van der Waals surface area contributed by atoms with Gasteiger partial charge in [0.1, 0.15) is 17.3 Å². The summed E-state index contributed by atoms with van der Waals surface area (Å²) in [5, 5.41) is 13.3. The van der Waals surface area contributed by atoms with Gasteiger partial charge in [0.15, 0.2) is 5.69 Å². The number of carboxylic acid groups (broad SMARTS) is 1. The maximum atomic E-state index is 14.1. The molecule has 1 fully saturated rings. The van der Waals surface area contributed by atoms with Crippen molar-refractivity contribution in [2.75, 3.05) is 26.2 Å². The van der Waals surface area contributed by atoms with Gasteiger partial charge in [0.25, 0.3) is 0 Å². The van der Waals surface area contributed by atoms with Crippen LogP contribution in [0.4, 0.5) is 9.18 Å². The van der Waals surface area contributed by atoms with E-state index in [0.29, 0.717) is 49.2 Å². The molecule has 0 saturated carbocycles. The molecular formula is C22H20ClFN4O4. The third-order valence-electron chi connectivity index (χ3n) is 5.02. The summed E-state index contributed by atoms with van der Waals surface area (Å²) in [6.07, 6.45) is 1.34. The van der Waals surface area contributed by atoms with Gasteiger partial charge in [-0.25, -0.2) is 14.0 Å². The number of aromatic nitrogens is 2. The lowest BCUT2D eigenvalue weighted by molar-refractivity contribution is 0.0689. The fourth-order valence-corrected chi connectivity index (χ4v) is 3.66. The zero-order valence-electron chi connectivity index (χ0n) is 16.9. The first-order valence-corrected chi connectivity index (χ1v) is 10.3. The van der Waals surface area contributed by atoms with E-state index in [-0.39, 0.29) is 11.7 Å². The summed E-state index contributed by atoms with van der Waals surface area (Å²) in [6, 6.07) is 12.3. The lowest BCUT2D eigenvalue weighted by Crippen LogP contribution is -2.49. The molecule has 166 valence electrons. The van der Waals surface area contributed by atoms with E-state index in [4.69, 9.17) is 21.4 Å². The van der Waals surface area contributed by atoms with Gasteiger partial charge in [0, 0.05) is 50.0 Å². The van der Waals surface area contributed by atoms with Gasteiger partial charge in [0.05, 0.1) is 0 Å². The number of halogens is 2. The molecule has 32 heavy (non-hydrogen) atoms. The standard InChI is InChI=1S/C22H20ClFN4O4/c23-16-2-1-3-18(12-16)32-19-11-15(10-17(24)13-19)14-26-6-8-27(9-7-26)22(31)28-5-4-20(25-28)21(29)30/h1-5,10-13H,6-9,14H2,(H,29,30).